The first-order valence-electron chi connectivity index (χ1n) is 4.69. The van der Waals surface area contributed by atoms with Crippen molar-refractivity contribution in [1.82, 2.24) is 0 Å². The number of hydrogen-bond acceptors (Lipinski definition) is 3. The minimum Gasteiger partial charge on any atom is -0.506 e. The predicted octanol–water partition coefficient (Wildman–Crippen LogP) is 2.44. The smallest absolute Gasteiger partial charge is 0.139 e. The molecule has 5 heteroatoms. The molecule has 15 heavy (non-hydrogen) atoms. The molecule has 0 aliphatic rings. The van der Waals surface area contributed by atoms with E-state index in [4.69, 9.17) is 34.7 Å². The summed E-state index contributed by atoms with van der Waals surface area (Å²) in [5, 5.41) is 10.4. The highest BCUT2D eigenvalue weighted by atomic mass is 35.5. The molecule has 0 aliphatic carbocycles. The molecule has 1 rings (SSSR count). The third-order valence-corrected chi connectivity index (χ3v) is 2.68. The van der Waals surface area contributed by atoms with Crippen molar-refractivity contribution in [3.8, 4) is 5.75 Å². The van der Waals surface area contributed by atoms with Gasteiger partial charge in [-0.05, 0) is 31.5 Å². The van der Waals surface area contributed by atoms with E-state index in [1.54, 1.807) is 6.07 Å². The van der Waals surface area contributed by atoms with Crippen LogP contribution >= 0.6 is 23.2 Å². The zero-order valence-electron chi connectivity index (χ0n) is 8.21. The average molecular weight is 249 g/mol. The number of rotatable bonds is 4. The first-order chi connectivity index (χ1) is 7.06. The van der Waals surface area contributed by atoms with Crippen LogP contribution in [0.25, 0.3) is 0 Å². The monoisotopic (exact) mass is 248 g/mol. The van der Waals surface area contributed by atoms with Crippen LogP contribution in [0.15, 0.2) is 12.1 Å². The molecule has 84 valence electrons. The predicted molar refractivity (Wildman–Crippen MR) is 63.3 cm³/mol. The van der Waals surface area contributed by atoms with Crippen LogP contribution in [0.1, 0.15) is 24.4 Å². The van der Waals surface area contributed by atoms with Gasteiger partial charge in [0.2, 0.25) is 0 Å². The van der Waals surface area contributed by atoms with Crippen LogP contribution in [0.2, 0.25) is 10.0 Å². The van der Waals surface area contributed by atoms with Gasteiger partial charge < -0.3 is 16.6 Å². The molecule has 5 N–H and O–H groups in total. The Hall–Kier alpha value is -0.480. The molecule has 0 saturated carbocycles. The van der Waals surface area contributed by atoms with E-state index in [0.717, 1.165) is 6.42 Å². The third kappa shape index (κ3) is 3.24. The van der Waals surface area contributed by atoms with Crippen molar-refractivity contribution >= 4 is 23.2 Å². The molecule has 0 radical (unpaired) electrons. The van der Waals surface area contributed by atoms with E-state index in [1.165, 1.54) is 6.07 Å². The molecule has 0 aliphatic heterocycles. The number of hydrogen-bond donors (Lipinski definition) is 3. The van der Waals surface area contributed by atoms with E-state index in [9.17, 15) is 5.11 Å². The molecule has 0 aromatic heterocycles. The fourth-order valence-electron chi connectivity index (χ4n) is 1.36. The number of nitrogens with two attached hydrogens (primary N) is 2. The van der Waals surface area contributed by atoms with E-state index in [0.29, 0.717) is 23.6 Å². The van der Waals surface area contributed by atoms with Crippen molar-refractivity contribution in [2.24, 2.45) is 11.5 Å². The van der Waals surface area contributed by atoms with Gasteiger partial charge in [-0.3, -0.25) is 0 Å². The van der Waals surface area contributed by atoms with E-state index in [1.807, 2.05) is 0 Å². The molecule has 0 bridgehead atoms. The minimum absolute atomic E-state index is 0.00517. The van der Waals surface area contributed by atoms with Gasteiger partial charge in [-0.2, -0.15) is 0 Å². The van der Waals surface area contributed by atoms with Crippen molar-refractivity contribution in [1.29, 1.82) is 0 Å². The highest BCUT2D eigenvalue weighted by Gasteiger charge is 2.14. The second-order valence-corrected chi connectivity index (χ2v) is 4.21. The number of aromatic hydroxyl groups is 1. The van der Waals surface area contributed by atoms with E-state index < -0.39 is 0 Å². The highest BCUT2D eigenvalue weighted by Crippen LogP contribution is 2.35. The van der Waals surface area contributed by atoms with Gasteiger partial charge >= 0.3 is 0 Å². The van der Waals surface area contributed by atoms with Gasteiger partial charge in [0.15, 0.2) is 0 Å². The van der Waals surface area contributed by atoms with E-state index in [-0.39, 0.29) is 16.8 Å². The lowest BCUT2D eigenvalue weighted by molar-refractivity contribution is 0.457. The molecule has 1 atom stereocenters. The van der Waals surface area contributed by atoms with Crippen molar-refractivity contribution in [2.45, 2.75) is 18.9 Å². The van der Waals surface area contributed by atoms with Crippen LogP contribution in [-0.2, 0) is 0 Å². The summed E-state index contributed by atoms with van der Waals surface area (Å²) in [6.07, 6.45) is 1.49. The molecule has 1 aromatic rings. The van der Waals surface area contributed by atoms with Gasteiger partial charge in [-0.1, -0.05) is 23.2 Å². The largest absolute Gasteiger partial charge is 0.506 e. The lowest BCUT2D eigenvalue weighted by atomic mass is 10.0. The zero-order valence-corrected chi connectivity index (χ0v) is 9.72. The number of phenols is 1. The quantitative estimate of drug-likeness (QED) is 0.767. The van der Waals surface area contributed by atoms with Crippen LogP contribution in [0, 0.1) is 0 Å². The maximum Gasteiger partial charge on any atom is 0.139 e. The number of halogens is 2. The maximum absolute atomic E-state index is 9.69. The molecular weight excluding hydrogens is 235 g/mol. The SMILES string of the molecule is NCCC[C@H](N)c1cc(Cl)cc(Cl)c1O. The van der Waals surface area contributed by atoms with Gasteiger partial charge in [-0.15, -0.1) is 0 Å². The molecule has 0 heterocycles. The summed E-state index contributed by atoms with van der Waals surface area (Å²) in [7, 11) is 0. The van der Waals surface area contributed by atoms with Crippen molar-refractivity contribution in [2.75, 3.05) is 6.54 Å². The van der Waals surface area contributed by atoms with Crippen LogP contribution in [0.3, 0.4) is 0 Å². The van der Waals surface area contributed by atoms with Crippen LogP contribution in [0.5, 0.6) is 5.75 Å². The molecule has 0 amide bonds. The molecule has 3 nitrogen and oxygen atoms in total. The zero-order chi connectivity index (χ0) is 11.4. The molecular formula is C10H14Cl2N2O. The Balaban J connectivity index is 2.92. The minimum atomic E-state index is -0.287. The Bertz CT molecular complexity index is 344. The summed E-state index contributed by atoms with van der Waals surface area (Å²) >= 11 is 11.6. The fourth-order valence-corrected chi connectivity index (χ4v) is 1.87. The summed E-state index contributed by atoms with van der Waals surface area (Å²) in [6.45, 7) is 0.572. The average Bonchev–Trinajstić information content (AvgIpc) is 2.19. The summed E-state index contributed by atoms with van der Waals surface area (Å²) < 4.78 is 0. The molecule has 0 saturated heterocycles. The van der Waals surface area contributed by atoms with Crippen LogP contribution in [-0.4, -0.2) is 11.7 Å². The van der Waals surface area contributed by atoms with Gasteiger partial charge in [0, 0.05) is 16.6 Å². The molecule has 0 spiro atoms. The normalized spacial score (nSPS) is 12.8. The lowest BCUT2D eigenvalue weighted by Crippen LogP contribution is -2.12. The van der Waals surface area contributed by atoms with Gasteiger partial charge in [0.1, 0.15) is 5.75 Å². The Morgan fingerprint density at radius 3 is 2.60 bits per heavy atom. The Kier molecular flexibility index (Phi) is 4.67. The second kappa shape index (κ2) is 5.56. The van der Waals surface area contributed by atoms with Crippen LogP contribution in [0.4, 0.5) is 0 Å². The van der Waals surface area contributed by atoms with Gasteiger partial charge in [0.25, 0.3) is 0 Å². The fraction of sp³-hybridized carbons (Fsp3) is 0.400. The molecule has 0 fully saturated rings. The Labute approximate surface area is 99.0 Å². The van der Waals surface area contributed by atoms with Gasteiger partial charge in [-0.25, -0.2) is 0 Å². The Morgan fingerprint density at radius 2 is 2.00 bits per heavy atom. The summed E-state index contributed by atoms with van der Waals surface area (Å²) in [5.74, 6) is 0.00517. The number of benzene rings is 1. The topological polar surface area (TPSA) is 72.3 Å². The standard InChI is InChI=1S/C10H14Cl2N2O/c11-6-4-7(9(14)2-1-3-13)10(15)8(12)5-6/h4-5,9,15H,1-3,13-14H2/t9-/m0/s1. The lowest BCUT2D eigenvalue weighted by Gasteiger charge is -2.14. The molecule has 1 aromatic carbocycles. The molecule has 0 unspecified atom stereocenters. The summed E-state index contributed by atoms with van der Waals surface area (Å²) in [6, 6.07) is 2.83. The summed E-state index contributed by atoms with van der Waals surface area (Å²) in [4.78, 5) is 0. The van der Waals surface area contributed by atoms with Crippen molar-refractivity contribution in [3.63, 3.8) is 0 Å². The first kappa shape index (κ1) is 12.6. The van der Waals surface area contributed by atoms with Crippen molar-refractivity contribution < 1.29 is 5.11 Å². The second-order valence-electron chi connectivity index (χ2n) is 3.36. The van der Waals surface area contributed by atoms with E-state index in [2.05, 4.69) is 0 Å². The van der Waals surface area contributed by atoms with E-state index >= 15 is 0 Å². The first-order valence-corrected chi connectivity index (χ1v) is 5.45. The Morgan fingerprint density at radius 1 is 1.33 bits per heavy atom. The third-order valence-electron chi connectivity index (χ3n) is 2.18. The maximum atomic E-state index is 9.69. The summed E-state index contributed by atoms with van der Waals surface area (Å²) in [5.41, 5.74) is 11.8. The highest BCUT2D eigenvalue weighted by molar-refractivity contribution is 6.35. The van der Waals surface area contributed by atoms with Crippen LogP contribution < -0.4 is 11.5 Å². The van der Waals surface area contributed by atoms with Gasteiger partial charge in [0.05, 0.1) is 5.02 Å². The number of phenolic OH excluding ortho intramolecular Hbond substituents is 1. The van der Waals surface area contributed by atoms with Crippen molar-refractivity contribution in [3.05, 3.63) is 27.7 Å².